The molecule has 0 aromatic carbocycles. The lowest BCUT2D eigenvalue weighted by Gasteiger charge is -2.18. The number of hydrogen-bond acceptors (Lipinski definition) is 12. The quantitative estimate of drug-likeness (QED) is 0.348. The molecular formula is C15H21N5O7S. The minimum Gasteiger partial charge on any atom is -0.492 e. The van der Waals surface area contributed by atoms with Gasteiger partial charge in [0.1, 0.15) is 35.7 Å². The topological polar surface area (TPSA) is 196 Å². The fourth-order valence-corrected chi connectivity index (χ4v) is 3.59. The van der Waals surface area contributed by atoms with Crippen LogP contribution in [0.2, 0.25) is 0 Å². The number of ether oxygens (including phenoxy) is 2. The third-order valence-corrected chi connectivity index (χ3v) is 5.37. The molecule has 5 atom stereocenters. The van der Waals surface area contributed by atoms with Crippen molar-refractivity contribution >= 4 is 33.6 Å². The van der Waals surface area contributed by atoms with Gasteiger partial charge in [-0.25, -0.2) is 0 Å². The summed E-state index contributed by atoms with van der Waals surface area (Å²) >= 11 is 0.633. The number of hydrogen-bond donors (Lipinski definition) is 5. The number of nitrogen functional groups attached to an aromatic ring is 1. The lowest BCUT2D eigenvalue weighted by molar-refractivity contribution is -0.152. The van der Waals surface area contributed by atoms with Gasteiger partial charge in [-0.3, -0.25) is 14.2 Å². The Morgan fingerprint density at radius 1 is 1.36 bits per heavy atom. The maximum absolute atomic E-state index is 12.4. The van der Waals surface area contributed by atoms with Crippen LogP contribution < -0.4 is 16.3 Å². The van der Waals surface area contributed by atoms with Crippen LogP contribution in [0.1, 0.15) is 20.1 Å². The number of esters is 1. The molecule has 28 heavy (non-hydrogen) atoms. The largest absolute Gasteiger partial charge is 0.492 e. The normalized spacial score (nSPS) is 26.1. The van der Waals surface area contributed by atoms with Crippen molar-refractivity contribution < 1.29 is 29.6 Å². The molecule has 1 unspecified atom stereocenters. The van der Waals surface area contributed by atoms with Gasteiger partial charge in [0.15, 0.2) is 11.9 Å². The highest BCUT2D eigenvalue weighted by Crippen LogP contribution is 2.33. The number of anilines is 1. The molecule has 1 aliphatic rings. The molecule has 0 radical (unpaired) electrons. The summed E-state index contributed by atoms with van der Waals surface area (Å²) in [5, 5.41) is 30.4. The first-order valence-corrected chi connectivity index (χ1v) is 9.24. The number of aliphatic hydroxyl groups is 2. The van der Waals surface area contributed by atoms with Crippen molar-refractivity contribution in [2.75, 3.05) is 12.3 Å². The van der Waals surface area contributed by atoms with Gasteiger partial charge in [0.2, 0.25) is 11.8 Å². The van der Waals surface area contributed by atoms with Crippen LogP contribution in [0.25, 0.3) is 10.3 Å². The van der Waals surface area contributed by atoms with Gasteiger partial charge in [-0.1, -0.05) is 25.2 Å². The second-order valence-electron chi connectivity index (χ2n) is 6.74. The highest BCUT2D eigenvalue weighted by Gasteiger charge is 2.46. The number of nitrogens with zero attached hydrogens (tertiary/aromatic N) is 3. The maximum atomic E-state index is 12.4. The first kappa shape index (κ1) is 20.4. The summed E-state index contributed by atoms with van der Waals surface area (Å²) in [5.41, 5.74) is 11.2. The summed E-state index contributed by atoms with van der Waals surface area (Å²) in [6, 6.07) is -0.842. The van der Waals surface area contributed by atoms with Crippen LogP contribution in [0.5, 0.6) is 5.88 Å². The monoisotopic (exact) mass is 415 g/mol. The van der Waals surface area contributed by atoms with Crippen LogP contribution in [0.4, 0.5) is 5.95 Å². The first-order valence-electron chi connectivity index (χ1n) is 8.43. The van der Waals surface area contributed by atoms with Gasteiger partial charge in [0.05, 0.1) is 0 Å². The average Bonchev–Trinajstić information content (AvgIpc) is 3.09. The van der Waals surface area contributed by atoms with Crippen molar-refractivity contribution in [3.8, 4) is 5.88 Å². The lowest BCUT2D eigenvalue weighted by Crippen LogP contribution is -2.40. The maximum Gasteiger partial charge on any atom is 0.323 e. The summed E-state index contributed by atoms with van der Waals surface area (Å²) in [5.74, 6) is -1.58. The fourth-order valence-electron chi connectivity index (χ4n) is 2.76. The van der Waals surface area contributed by atoms with Gasteiger partial charge < -0.3 is 36.3 Å². The smallest absolute Gasteiger partial charge is 0.323 e. The van der Waals surface area contributed by atoms with Gasteiger partial charge in [-0.05, 0) is 5.92 Å². The Morgan fingerprint density at radius 3 is 2.68 bits per heavy atom. The number of aromatic nitrogens is 3. The summed E-state index contributed by atoms with van der Waals surface area (Å²) in [6.45, 7) is 3.14. The number of nitrogens with two attached hydrogens (primary N) is 2. The molecule has 154 valence electrons. The predicted octanol–water partition coefficient (Wildman–Crippen LogP) is -1.71. The minimum atomic E-state index is -1.52. The van der Waals surface area contributed by atoms with E-state index in [1.54, 1.807) is 13.8 Å². The Bertz CT molecular complexity index is 945. The lowest BCUT2D eigenvalue weighted by atomic mass is 10.1. The van der Waals surface area contributed by atoms with E-state index >= 15 is 0 Å². The van der Waals surface area contributed by atoms with E-state index in [9.17, 15) is 24.9 Å². The third-order valence-electron chi connectivity index (χ3n) is 4.43. The van der Waals surface area contributed by atoms with E-state index < -0.39 is 47.3 Å². The molecule has 12 nitrogen and oxygen atoms in total. The van der Waals surface area contributed by atoms with E-state index in [2.05, 4.69) is 9.97 Å². The zero-order valence-electron chi connectivity index (χ0n) is 15.1. The molecule has 1 saturated heterocycles. The van der Waals surface area contributed by atoms with Crippen LogP contribution >= 0.6 is 11.3 Å². The molecule has 0 amide bonds. The Labute approximate surface area is 162 Å². The van der Waals surface area contributed by atoms with Gasteiger partial charge in [0.25, 0.3) is 0 Å². The molecule has 13 heteroatoms. The summed E-state index contributed by atoms with van der Waals surface area (Å²) in [6.07, 6.45) is -5.38. The predicted molar refractivity (Wildman–Crippen MR) is 97.4 cm³/mol. The van der Waals surface area contributed by atoms with E-state index in [-0.39, 0.29) is 28.8 Å². The molecule has 0 saturated carbocycles. The highest BCUT2D eigenvalue weighted by atomic mass is 32.1. The SMILES string of the molecule is CC(C)[C@H](N)C(=O)OCC1O[C@@H](n2c(=O)sc3c(O)nc(N)nc32)[C@H](O)[C@@H]1O. The minimum absolute atomic E-state index is 0.0456. The second-order valence-corrected chi connectivity index (χ2v) is 7.70. The summed E-state index contributed by atoms with van der Waals surface area (Å²) in [7, 11) is 0. The second kappa shape index (κ2) is 7.60. The summed E-state index contributed by atoms with van der Waals surface area (Å²) in [4.78, 5) is 31.1. The van der Waals surface area contributed by atoms with Crippen LogP contribution in [-0.4, -0.2) is 66.8 Å². The number of thiazole rings is 1. The number of carbonyl (C=O) groups excluding carboxylic acids is 1. The van der Waals surface area contributed by atoms with Crippen LogP contribution in [0, 0.1) is 5.92 Å². The Kier molecular flexibility index (Phi) is 5.54. The van der Waals surface area contributed by atoms with Gasteiger partial charge >= 0.3 is 10.8 Å². The Hall–Kier alpha value is -2.32. The first-order chi connectivity index (χ1) is 13.1. The number of aromatic hydroxyl groups is 1. The van der Waals surface area contributed by atoms with Gasteiger partial charge in [-0.15, -0.1) is 0 Å². The molecule has 3 heterocycles. The number of aliphatic hydroxyl groups excluding tert-OH is 2. The van der Waals surface area contributed by atoms with Crippen LogP contribution in [0.3, 0.4) is 0 Å². The molecule has 0 bridgehead atoms. The number of fused-ring (bicyclic) bond motifs is 1. The molecule has 1 fully saturated rings. The molecular weight excluding hydrogens is 394 g/mol. The van der Waals surface area contributed by atoms with Crippen molar-refractivity contribution in [3.63, 3.8) is 0 Å². The van der Waals surface area contributed by atoms with Gasteiger partial charge in [-0.2, -0.15) is 9.97 Å². The molecule has 0 aliphatic carbocycles. The Balaban J connectivity index is 1.84. The van der Waals surface area contributed by atoms with E-state index in [1.807, 2.05) is 0 Å². The standard InChI is InChI=1S/C15H21N5O7S/c1-4(2)6(16)13(24)26-3-5-7(21)8(22)12(27-5)20-10-9(28-15(20)25)11(23)19-14(17)18-10/h4-8,12,21-22H,3,16H2,1-2H3,(H3,17,18,19,23)/t5?,6-,7+,8+,12+/m0/s1. The van der Waals surface area contributed by atoms with Crippen molar-refractivity contribution in [2.24, 2.45) is 11.7 Å². The van der Waals surface area contributed by atoms with Crippen molar-refractivity contribution in [1.29, 1.82) is 0 Å². The van der Waals surface area contributed by atoms with Crippen molar-refractivity contribution in [3.05, 3.63) is 9.67 Å². The van der Waals surface area contributed by atoms with Crippen molar-refractivity contribution in [2.45, 2.75) is 44.4 Å². The van der Waals surface area contributed by atoms with E-state index in [4.69, 9.17) is 20.9 Å². The third kappa shape index (κ3) is 3.54. The van der Waals surface area contributed by atoms with Crippen molar-refractivity contribution in [1.82, 2.24) is 14.5 Å². The average molecular weight is 415 g/mol. The van der Waals surface area contributed by atoms with E-state index in [0.717, 1.165) is 4.57 Å². The number of carbonyl (C=O) groups is 1. The summed E-state index contributed by atoms with van der Waals surface area (Å²) < 4.78 is 11.6. The van der Waals surface area contributed by atoms with E-state index in [0.29, 0.717) is 11.3 Å². The number of rotatable bonds is 5. The van der Waals surface area contributed by atoms with Crippen LogP contribution in [0.15, 0.2) is 4.79 Å². The van der Waals surface area contributed by atoms with Crippen LogP contribution in [-0.2, 0) is 14.3 Å². The zero-order chi connectivity index (χ0) is 20.7. The Morgan fingerprint density at radius 2 is 2.04 bits per heavy atom. The molecule has 2 aromatic rings. The molecule has 7 N–H and O–H groups in total. The van der Waals surface area contributed by atoms with Gasteiger partial charge in [0, 0.05) is 0 Å². The zero-order valence-corrected chi connectivity index (χ0v) is 15.9. The molecule has 1 aliphatic heterocycles. The fraction of sp³-hybridized carbons (Fsp3) is 0.600. The highest BCUT2D eigenvalue weighted by molar-refractivity contribution is 7.16. The molecule has 3 rings (SSSR count). The van der Waals surface area contributed by atoms with E-state index in [1.165, 1.54) is 0 Å². The molecule has 0 spiro atoms. The molecule has 2 aromatic heterocycles.